The lowest BCUT2D eigenvalue weighted by atomic mass is 10.3. The number of nitrogens with one attached hydrogen (secondary N) is 2. The van der Waals surface area contributed by atoms with Crippen LogP contribution in [0, 0.1) is 5.82 Å². The van der Waals surface area contributed by atoms with E-state index in [1.165, 1.54) is 43.5 Å². The first kappa shape index (κ1) is 21.9. The topological polar surface area (TPSA) is 102 Å². The van der Waals surface area contributed by atoms with Crippen molar-refractivity contribution >= 4 is 43.0 Å². The van der Waals surface area contributed by atoms with Crippen molar-refractivity contribution in [3.05, 3.63) is 77.6 Å². The molecule has 3 rings (SSSR count). The standard InChI is InChI=1S/C19H16ClFN2O5S2/c1-28-19-12-17(10-11-18(19)21)30(26,27)23-15-6-8-16(9-7-15)29(24,25)22-14-4-2-13(20)3-5-14/h2-12,22-23H,1H3. The molecular formula is C19H16ClFN2O5S2. The van der Waals surface area contributed by atoms with Crippen LogP contribution >= 0.6 is 11.6 Å². The van der Waals surface area contributed by atoms with Crippen LogP contribution in [0.15, 0.2) is 76.5 Å². The summed E-state index contributed by atoms with van der Waals surface area (Å²) in [6.07, 6.45) is 0. The maximum absolute atomic E-state index is 13.5. The number of halogens is 2. The van der Waals surface area contributed by atoms with Gasteiger partial charge in [-0.25, -0.2) is 21.2 Å². The quantitative estimate of drug-likeness (QED) is 0.541. The number of methoxy groups -OCH3 is 1. The minimum atomic E-state index is -4.04. The van der Waals surface area contributed by atoms with Crippen molar-refractivity contribution in [1.82, 2.24) is 0 Å². The molecule has 158 valence electrons. The lowest BCUT2D eigenvalue weighted by Gasteiger charge is -2.11. The molecule has 0 aliphatic rings. The Morgan fingerprint density at radius 2 is 1.23 bits per heavy atom. The average Bonchev–Trinajstić information content (AvgIpc) is 2.70. The molecule has 0 unspecified atom stereocenters. The van der Waals surface area contributed by atoms with Gasteiger partial charge in [0.15, 0.2) is 11.6 Å². The van der Waals surface area contributed by atoms with Crippen LogP contribution in [0.25, 0.3) is 0 Å². The molecule has 0 aliphatic heterocycles. The summed E-state index contributed by atoms with van der Waals surface area (Å²) < 4.78 is 73.0. The van der Waals surface area contributed by atoms with E-state index in [2.05, 4.69) is 9.44 Å². The number of hydrogen-bond donors (Lipinski definition) is 2. The summed E-state index contributed by atoms with van der Waals surface area (Å²) in [6, 6.07) is 14.3. The number of ether oxygens (including phenoxy) is 1. The third-order valence-electron chi connectivity index (χ3n) is 3.95. The highest BCUT2D eigenvalue weighted by atomic mass is 35.5. The molecule has 0 saturated heterocycles. The molecule has 0 amide bonds. The van der Waals surface area contributed by atoms with E-state index < -0.39 is 25.9 Å². The molecule has 7 nitrogen and oxygen atoms in total. The van der Waals surface area contributed by atoms with Crippen LogP contribution in [-0.4, -0.2) is 23.9 Å². The van der Waals surface area contributed by atoms with Crippen LogP contribution < -0.4 is 14.2 Å². The Bertz CT molecular complexity index is 1260. The second-order valence-corrected chi connectivity index (χ2v) is 9.84. The summed E-state index contributed by atoms with van der Waals surface area (Å²) in [4.78, 5) is -0.272. The molecule has 30 heavy (non-hydrogen) atoms. The van der Waals surface area contributed by atoms with E-state index >= 15 is 0 Å². The van der Waals surface area contributed by atoms with E-state index in [9.17, 15) is 21.2 Å². The zero-order chi connectivity index (χ0) is 21.9. The van der Waals surface area contributed by atoms with Crippen LogP contribution in [-0.2, 0) is 20.0 Å². The predicted octanol–water partition coefficient (Wildman–Crippen LogP) is 4.09. The molecule has 2 N–H and O–H groups in total. The number of hydrogen-bond acceptors (Lipinski definition) is 5. The van der Waals surface area contributed by atoms with Crippen molar-refractivity contribution < 1.29 is 26.0 Å². The summed E-state index contributed by atoms with van der Waals surface area (Å²) >= 11 is 5.78. The molecule has 0 bridgehead atoms. The second-order valence-electron chi connectivity index (χ2n) is 6.04. The third kappa shape index (κ3) is 5.02. The van der Waals surface area contributed by atoms with Crippen molar-refractivity contribution in [2.75, 3.05) is 16.6 Å². The van der Waals surface area contributed by atoms with Crippen LogP contribution in [0.2, 0.25) is 5.02 Å². The Labute approximate surface area is 178 Å². The van der Waals surface area contributed by atoms with Gasteiger partial charge in [-0.15, -0.1) is 0 Å². The van der Waals surface area contributed by atoms with Gasteiger partial charge < -0.3 is 4.74 Å². The van der Waals surface area contributed by atoms with Crippen LogP contribution in [0.1, 0.15) is 0 Å². The van der Waals surface area contributed by atoms with E-state index in [4.69, 9.17) is 16.3 Å². The van der Waals surface area contributed by atoms with Gasteiger partial charge in [0.25, 0.3) is 20.0 Å². The smallest absolute Gasteiger partial charge is 0.262 e. The monoisotopic (exact) mass is 470 g/mol. The third-order valence-corrected chi connectivity index (χ3v) is 6.97. The number of sulfonamides is 2. The number of anilines is 2. The second kappa shape index (κ2) is 8.50. The molecule has 0 aliphatic carbocycles. The number of benzene rings is 3. The maximum atomic E-state index is 13.5. The molecule has 0 radical (unpaired) electrons. The molecule has 0 atom stereocenters. The SMILES string of the molecule is COc1cc(S(=O)(=O)Nc2ccc(S(=O)(=O)Nc3ccc(Cl)cc3)cc2)ccc1F. The highest BCUT2D eigenvalue weighted by Crippen LogP contribution is 2.24. The minimum absolute atomic E-state index is 0.0659. The van der Waals surface area contributed by atoms with Gasteiger partial charge in [-0.1, -0.05) is 11.6 Å². The molecule has 0 heterocycles. The van der Waals surface area contributed by atoms with E-state index in [0.717, 1.165) is 18.2 Å². The van der Waals surface area contributed by atoms with Gasteiger partial charge in [0, 0.05) is 22.5 Å². The average molecular weight is 471 g/mol. The van der Waals surface area contributed by atoms with Gasteiger partial charge in [0.2, 0.25) is 0 Å². The first-order valence-electron chi connectivity index (χ1n) is 8.35. The predicted molar refractivity (Wildman–Crippen MR) is 112 cm³/mol. The normalized spacial score (nSPS) is 11.7. The summed E-state index contributed by atoms with van der Waals surface area (Å²) in [7, 11) is -6.70. The van der Waals surface area contributed by atoms with Crippen LogP contribution in [0.3, 0.4) is 0 Å². The Hall–Kier alpha value is -2.82. The maximum Gasteiger partial charge on any atom is 0.262 e. The van der Waals surface area contributed by atoms with Crippen molar-refractivity contribution in [2.24, 2.45) is 0 Å². The first-order chi connectivity index (χ1) is 14.1. The van der Waals surface area contributed by atoms with Crippen molar-refractivity contribution in [3.63, 3.8) is 0 Å². The summed E-state index contributed by atoms with van der Waals surface area (Å²) in [5.41, 5.74) is 0.457. The Balaban J connectivity index is 1.79. The summed E-state index contributed by atoms with van der Waals surface area (Å²) in [6.45, 7) is 0. The minimum Gasteiger partial charge on any atom is -0.494 e. The molecule has 3 aromatic rings. The van der Waals surface area contributed by atoms with Gasteiger partial charge in [-0.05, 0) is 60.7 Å². The van der Waals surface area contributed by atoms with Crippen LogP contribution in [0.4, 0.5) is 15.8 Å². The highest BCUT2D eigenvalue weighted by molar-refractivity contribution is 7.93. The van der Waals surface area contributed by atoms with Gasteiger partial charge >= 0.3 is 0 Å². The largest absolute Gasteiger partial charge is 0.494 e. The Kier molecular flexibility index (Phi) is 6.20. The fraction of sp³-hybridized carbons (Fsp3) is 0.0526. The molecule has 0 aromatic heterocycles. The van der Waals surface area contributed by atoms with Crippen LogP contribution in [0.5, 0.6) is 5.75 Å². The van der Waals surface area contributed by atoms with E-state index in [-0.39, 0.29) is 21.2 Å². The van der Waals surface area contributed by atoms with Gasteiger partial charge in [0.1, 0.15) is 0 Å². The highest BCUT2D eigenvalue weighted by Gasteiger charge is 2.18. The lowest BCUT2D eigenvalue weighted by Crippen LogP contribution is -2.14. The first-order valence-corrected chi connectivity index (χ1v) is 11.7. The van der Waals surface area contributed by atoms with E-state index in [1.54, 1.807) is 12.1 Å². The summed E-state index contributed by atoms with van der Waals surface area (Å²) in [5, 5.41) is 0.466. The fourth-order valence-corrected chi connectivity index (χ4v) is 4.71. The molecule has 3 aromatic carbocycles. The fourth-order valence-electron chi connectivity index (χ4n) is 2.46. The van der Waals surface area contributed by atoms with Crippen molar-refractivity contribution in [1.29, 1.82) is 0 Å². The molecular weight excluding hydrogens is 455 g/mol. The van der Waals surface area contributed by atoms with Gasteiger partial charge in [-0.3, -0.25) is 9.44 Å². The van der Waals surface area contributed by atoms with Crippen molar-refractivity contribution in [3.8, 4) is 5.75 Å². The van der Waals surface area contributed by atoms with Gasteiger partial charge in [0.05, 0.1) is 16.9 Å². The summed E-state index contributed by atoms with van der Waals surface area (Å²) in [5.74, 6) is -0.910. The molecule has 0 saturated carbocycles. The molecule has 11 heteroatoms. The van der Waals surface area contributed by atoms with Crippen molar-refractivity contribution in [2.45, 2.75) is 9.79 Å². The zero-order valence-electron chi connectivity index (χ0n) is 15.5. The zero-order valence-corrected chi connectivity index (χ0v) is 17.9. The van der Waals surface area contributed by atoms with E-state index in [0.29, 0.717) is 10.7 Å². The Morgan fingerprint density at radius 1 is 0.767 bits per heavy atom. The number of rotatable bonds is 7. The van der Waals surface area contributed by atoms with E-state index in [1.807, 2.05) is 0 Å². The molecule has 0 spiro atoms. The Morgan fingerprint density at radius 3 is 1.77 bits per heavy atom. The lowest BCUT2D eigenvalue weighted by molar-refractivity contribution is 0.385. The van der Waals surface area contributed by atoms with Gasteiger partial charge in [-0.2, -0.15) is 0 Å². The molecule has 0 fully saturated rings.